The number of carbonyl (C=O) groups excluding carboxylic acids is 1. The smallest absolute Gasteiger partial charge is 0.234 e. The van der Waals surface area contributed by atoms with Crippen molar-refractivity contribution in [1.29, 1.82) is 0 Å². The highest BCUT2D eigenvalue weighted by Crippen LogP contribution is 2.18. The standard InChI is InChI=1S/C24H31N7OS/c1-2-12-30-23(21-8-10-25-11-9-21)27-31(24(30)33)19-29-15-13-28(14-16-29)18-22(32)26-17-20-6-4-3-5-7-20/h3-11H,2,12-19H2,1H3,(H,26,32). The molecule has 174 valence electrons. The summed E-state index contributed by atoms with van der Waals surface area (Å²) < 4.78 is 4.77. The van der Waals surface area contributed by atoms with E-state index in [0.29, 0.717) is 19.8 Å². The molecule has 4 rings (SSSR count). The fourth-order valence-corrected chi connectivity index (χ4v) is 4.28. The van der Waals surface area contributed by atoms with Gasteiger partial charge in [0.05, 0.1) is 13.2 Å². The van der Waals surface area contributed by atoms with E-state index >= 15 is 0 Å². The molecule has 0 aliphatic carbocycles. The average Bonchev–Trinajstić information content (AvgIpc) is 3.15. The van der Waals surface area contributed by atoms with Gasteiger partial charge in [0.25, 0.3) is 0 Å². The molecular weight excluding hydrogens is 434 g/mol. The van der Waals surface area contributed by atoms with Crippen LogP contribution in [0.3, 0.4) is 0 Å². The molecule has 0 atom stereocenters. The summed E-state index contributed by atoms with van der Waals surface area (Å²) in [5.74, 6) is 0.952. The van der Waals surface area contributed by atoms with Gasteiger partial charge >= 0.3 is 0 Å². The van der Waals surface area contributed by atoms with Crippen molar-refractivity contribution < 1.29 is 4.79 Å². The minimum Gasteiger partial charge on any atom is -0.351 e. The predicted molar refractivity (Wildman–Crippen MR) is 131 cm³/mol. The maximum absolute atomic E-state index is 12.3. The molecular formula is C24H31N7OS. The third-order valence-corrected chi connectivity index (χ3v) is 6.24. The Kier molecular flexibility index (Phi) is 7.98. The molecule has 0 radical (unpaired) electrons. The van der Waals surface area contributed by atoms with Gasteiger partial charge in [-0.3, -0.25) is 24.1 Å². The molecule has 0 saturated carbocycles. The first-order chi connectivity index (χ1) is 16.1. The number of nitrogens with one attached hydrogen (secondary N) is 1. The number of piperazine rings is 1. The first-order valence-electron chi connectivity index (χ1n) is 11.5. The lowest BCUT2D eigenvalue weighted by Crippen LogP contribution is -2.49. The first kappa shape index (κ1) is 23.3. The molecule has 0 unspecified atom stereocenters. The van der Waals surface area contributed by atoms with Crippen LogP contribution in [0.15, 0.2) is 54.9 Å². The molecule has 3 aromatic rings. The van der Waals surface area contributed by atoms with Crippen LogP contribution in [0.5, 0.6) is 0 Å². The highest BCUT2D eigenvalue weighted by atomic mass is 32.1. The molecule has 33 heavy (non-hydrogen) atoms. The SMILES string of the molecule is CCCn1c(-c2ccncc2)nn(CN2CCN(CC(=O)NCc3ccccc3)CC2)c1=S. The summed E-state index contributed by atoms with van der Waals surface area (Å²) in [4.78, 5) is 21.0. The van der Waals surface area contributed by atoms with Gasteiger partial charge in [-0.15, -0.1) is 0 Å². The topological polar surface area (TPSA) is 71.2 Å². The lowest BCUT2D eigenvalue weighted by molar-refractivity contribution is -0.122. The van der Waals surface area contributed by atoms with Crippen LogP contribution in [-0.4, -0.2) is 67.8 Å². The van der Waals surface area contributed by atoms with Gasteiger partial charge in [-0.25, -0.2) is 4.68 Å². The second kappa shape index (κ2) is 11.3. The van der Waals surface area contributed by atoms with Gasteiger partial charge < -0.3 is 5.32 Å². The van der Waals surface area contributed by atoms with Crippen LogP contribution in [0.1, 0.15) is 18.9 Å². The van der Waals surface area contributed by atoms with Crippen LogP contribution in [-0.2, 0) is 24.6 Å². The van der Waals surface area contributed by atoms with E-state index in [0.717, 1.165) is 60.9 Å². The Morgan fingerprint density at radius 1 is 1.03 bits per heavy atom. The first-order valence-corrected chi connectivity index (χ1v) is 11.9. The maximum Gasteiger partial charge on any atom is 0.234 e. The van der Waals surface area contributed by atoms with E-state index in [4.69, 9.17) is 17.3 Å². The second-order valence-corrected chi connectivity index (χ2v) is 8.66. The molecule has 1 amide bonds. The van der Waals surface area contributed by atoms with Crippen molar-refractivity contribution in [2.75, 3.05) is 32.7 Å². The monoisotopic (exact) mass is 465 g/mol. The van der Waals surface area contributed by atoms with Gasteiger partial charge in [0.1, 0.15) is 0 Å². The van der Waals surface area contributed by atoms with Crippen LogP contribution in [0.25, 0.3) is 11.4 Å². The van der Waals surface area contributed by atoms with Gasteiger partial charge in [0.15, 0.2) is 10.6 Å². The normalized spacial score (nSPS) is 14.9. The second-order valence-electron chi connectivity index (χ2n) is 8.29. The summed E-state index contributed by atoms with van der Waals surface area (Å²) >= 11 is 5.75. The van der Waals surface area contributed by atoms with Gasteiger partial charge in [-0.05, 0) is 36.3 Å². The van der Waals surface area contributed by atoms with E-state index in [1.165, 1.54) is 0 Å². The van der Waals surface area contributed by atoms with Gasteiger partial charge in [0.2, 0.25) is 5.91 Å². The lowest BCUT2D eigenvalue weighted by atomic mass is 10.2. The number of amides is 1. The average molecular weight is 466 g/mol. The van der Waals surface area contributed by atoms with E-state index in [-0.39, 0.29) is 5.91 Å². The summed E-state index contributed by atoms with van der Waals surface area (Å²) in [6.45, 7) is 8.07. The number of hydrogen-bond acceptors (Lipinski definition) is 6. The van der Waals surface area contributed by atoms with Crippen molar-refractivity contribution in [1.82, 2.24) is 34.4 Å². The Hall–Kier alpha value is -2.88. The van der Waals surface area contributed by atoms with E-state index < -0.39 is 0 Å². The van der Waals surface area contributed by atoms with E-state index in [1.54, 1.807) is 12.4 Å². The number of benzene rings is 1. The van der Waals surface area contributed by atoms with Crippen molar-refractivity contribution >= 4 is 18.1 Å². The number of pyridine rings is 1. The molecule has 9 heteroatoms. The minimum atomic E-state index is 0.0647. The largest absolute Gasteiger partial charge is 0.351 e. The molecule has 1 aromatic carbocycles. The summed E-state index contributed by atoms with van der Waals surface area (Å²) in [6.07, 6.45) is 4.55. The number of hydrogen-bond donors (Lipinski definition) is 1. The zero-order valence-electron chi connectivity index (χ0n) is 19.1. The fraction of sp³-hybridized carbons (Fsp3) is 0.417. The third kappa shape index (κ3) is 6.13. The molecule has 2 aromatic heterocycles. The molecule has 1 aliphatic heterocycles. The van der Waals surface area contributed by atoms with Crippen LogP contribution in [0.2, 0.25) is 0 Å². The molecule has 1 aliphatic rings. The predicted octanol–water partition coefficient (Wildman–Crippen LogP) is 2.78. The van der Waals surface area contributed by atoms with Crippen molar-refractivity contribution in [2.24, 2.45) is 0 Å². The molecule has 0 spiro atoms. The quantitative estimate of drug-likeness (QED) is 0.490. The Balaban J connectivity index is 1.31. The lowest BCUT2D eigenvalue weighted by Gasteiger charge is -2.33. The molecule has 1 saturated heterocycles. The zero-order valence-corrected chi connectivity index (χ0v) is 19.9. The number of rotatable bonds is 9. The Morgan fingerprint density at radius 3 is 2.42 bits per heavy atom. The van der Waals surface area contributed by atoms with E-state index in [1.807, 2.05) is 47.1 Å². The Morgan fingerprint density at radius 2 is 1.73 bits per heavy atom. The summed E-state index contributed by atoms with van der Waals surface area (Å²) in [7, 11) is 0. The van der Waals surface area contributed by atoms with Gasteiger partial charge in [0, 0.05) is 57.2 Å². The summed E-state index contributed by atoms with van der Waals surface area (Å²) in [5, 5.41) is 7.85. The molecule has 3 heterocycles. The molecule has 1 N–H and O–H groups in total. The van der Waals surface area contributed by atoms with Crippen LogP contribution in [0.4, 0.5) is 0 Å². The maximum atomic E-state index is 12.3. The molecule has 0 bridgehead atoms. The van der Waals surface area contributed by atoms with Crippen molar-refractivity contribution in [3.8, 4) is 11.4 Å². The number of carbonyl (C=O) groups is 1. The third-order valence-electron chi connectivity index (χ3n) is 5.81. The zero-order chi connectivity index (χ0) is 23.0. The fourth-order valence-electron chi connectivity index (χ4n) is 4.01. The van der Waals surface area contributed by atoms with Crippen molar-refractivity contribution in [2.45, 2.75) is 33.1 Å². The number of aromatic nitrogens is 4. The van der Waals surface area contributed by atoms with Crippen molar-refractivity contribution in [3.63, 3.8) is 0 Å². The Labute approximate surface area is 199 Å². The van der Waals surface area contributed by atoms with Crippen molar-refractivity contribution in [3.05, 3.63) is 65.2 Å². The molecule has 8 nitrogen and oxygen atoms in total. The van der Waals surface area contributed by atoms with Crippen LogP contribution >= 0.6 is 12.2 Å². The van der Waals surface area contributed by atoms with Gasteiger partial charge in [-0.2, -0.15) is 5.10 Å². The van der Waals surface area contributed by atoms with E-state index in [9.17, 15) is 4.79 Å². The number of nitrogens with zero attached hydrogens (tertiary/aromatic N) is 6. The summed E-state index contributed by atoms with van der Waals surface area (Å²) in [6, 6.07) is 13.9. The Bertz CT molecular complexity index is 1090. The van der Waals surface area contributed by atoms with E-state index in [2.05, 4.69) is 31.6 Å². The molecule has 1 fully saturated rings. The highest BCUT2D eigenvalue weighted by molar-refractivity contribution is 7.71. The highest BCUT2D eigenvalue weighted by Gasteiger charge is 2.21. The van der Waals surface area contributed by atoms with Gasteiger partial charge in [-0.1, -0.05) is 37.3 Å². The summed E-state index contributed by atoms with van der Waals surface area (Å²) in [5.41, 5.74) is 2.13. The van der Waals surface area contributed by atoms with Crippen LogP contribution in [0, 0.1) is 4.77 Å². The van der Waals surface area contributed by atoms with Crippen LogP contribution < -0.4 is 5.32 Å². The minimum absolute atomic E-state index is 0.0647.